The van der Waals surface area contributed by atoms with Crippen LogP contribution >= 0.6 is 11.6 Å². The van der Waals surface area contributed by atoms with Gasteiger partial charge in [0.25, 0.3) is 0 Å². The van der Waals surface area contributed by atoms with Gasteiger partial charge in [0.1, 0.15) is 5.82 Å². The van der Waals surface area contributed by atoms with Crippen LogP contribution in [0.3, 0.4) is 0 Å². The summed E-state index contributed by atoms with van der Waals surface area (Å²) in [6.45, 7) is 6.92. The highest BCUT2D eigenvalue weighted by atomic mass is 35.5. The van der Waals surface area contributed by atoms with Crippen molar-refractivity contribution in [3.8, 4) is 11.1 Å². The summed E-state index contributed by atoms with van der Waals surface area (Å²) >= 11 is 6.36. The molecular formula is C17H19ClFN. The Balaban J connectivity index is 2.37. The Morgan fingerprint density at radius 1 is 1.15 bits per heavy atom. The lowest BCUT2D eigenvalue weighted by atomic mass is 10.00. The smallest absolute Gasteiger partial charge is 0.124 e. The average Bonchev–Trinajstić information content (AvgIpc) is 2.37. The van der Waals surface area contributed by atoms with Gasteiger partial charge in [-0.1, -0.05) is 36.7 Å². The van der Waals surface area contributed by atoms with Crippen LogP contribution in [-0.2, 0) is 0 Å². The third kappa shape index (κ3) is 3.38. The third-order valence-corrected chi connectivity index (χ3v) is 3.68. The molecule has 1 atom stereocenters. The predicted octanol–water partition coefficient (Wildman–Crippen LogP) is 5.13. The van der Waals surface area contributed by atoms with E-state index in [1.54, 1.807) is 0 Å². The van der Waals surface area contributed by atoms with Gasteiger partial charge in [-0.15, -0.1) is 0 Å². The molecule has 2 aromatic carbocycles. The normalized spacial score (nSPS) is 12.4. The Hall–Kier alpha value is -1.38. The third-order valence-electron chi connectivity index (χ3n) is 3.35. The molecule has 0 aliphatic rings. The van der Waals surface area contributed by atoms with Crippen LogP contribution in [0.4, 0.5) is 4.39 Å². The van der Waals surface area contributed by atoms with Crippen molar-refractivity contribution in [1.29, 1.82) is 0 Å². The first-order valence-corrected chi connectivity index (χ1v) is 7.19. The fourth-order valence-electron chi connectivity index (χ4n) is 2.38. The van der Waals surface area contributed by atoms with Crippen LogP contribution in [0.15, 0.2) is 36.4 Å². The van der Waals surface area contributed by atoms with E-state index in [0.717, 1.165) is 28.8 Å². The first-order valence-electron chi connectivity index (χ1n) is 6.81. The van der Waals surface area contributed by atoms with E-state index in [9.17, 15) is 4.39 Å². The van der Waals surface area contributed by atoms with Gasteiger partial charge in [0, 0.05) is 11.1 Å². The van der Waals surface area contributed by atoms with Crippen molar-refractivity contribution >= 4 is 11.6 Å². The Kier molecular flexibility index (Phi) is 4.79. The highest BCUT2D eigenvalue weighted by Gasteiger charge is 2.10. The van der Waals surface area contributed by atoms with E-state index < -0.39 is 0 Å². The van der Waals surface area contributed by atoms with Crippen LogP contribution in [0.1, 0.15) is 31.0 Å². The number of hydrogen-bond acceptors (Lipinski definition) is 1. The van der Waals surface area contributed by atoms with Crippen LogP contribution in [0.25, 0.3) is 11.1 Å². The minimum atomic E-state index is -0.221. The topological polar surface area (TPSA) is 12.0 Å². The minimum absolute atomic E-state index is 0.204. The van der Waals surface area contributed by atoms with Gasteiger partial charge < -0.3 is 5.32 Å². The summed E-state index contributed by atoms with van der Waals surface area (Å²) in [5.41, 5.74) is 3.75. The van der Waals surface area contributed by atoms with Crippen LogP contribution in [0, 0.1) is 12.7 Å². The van der Waals surface area contributed by atoms with Gasteiger partial charge in [-0.25, -0.2) is 4.39 Å². The molecule has 0 aliphatic carbocycles. The maximum atomic E-state index is 13.5. The summed E-state index contributed by atoms with van der Waals surface area (Å²) in [5.74, 6) is -0.221. The fraction of sp³-hybridized carbons (Fsp3) is 0.294. The Labute approximate surface area is 124 Å². The Morgan fingerprint density at radius 2 is 1.90 bits per heavy atom. The lowest BCUT2D eigenvalue weighted by Gasteiger charge is -2.15. The number of nitrogens with one attached hydrogen (secondary N) is 1. The Bertz CT molecular complexity index is 590. The van der Waals surface area contributed by atoms with Crippen molar-refractivity contribution in [2.75, 3.05) is 6.54 Å². The summed E-state index contributed by atoms with van der Waals surface area (Å²) < 4.78 is 13.5. The molecule has 106 valence electrons. The van der Waals surface area contributed by atoms with Gasteiger partial charge >= 0.3 is 0 Å². The molecule has 0 fully saturated rings. The molecule has 0 radical (unpaired) electrons. The van der Waals surface area contributed by atoms with Gasteiger partial charge in [-0.3, -0.25) is 0 Å². The second-order valence-corrected chi connectivity index (χ2v) is 5.44. The molecule has 0 heterocycles. The molecule has 0 aromatic heterocycles. The van der Waals surface area contributed by atoms with Crippen LogP contribution in [0.5, 0.6) is 0 Å². The maximum Gasteiger partial charge on any atom is 0.124 e. The molecule has 2 rings (SSSR count). The predicted molar refractivity (Wildman–Crippen MR) is 83.7 cm³/mol. The highest BCUT2D eigenvalue weighted by molar-refractivity contribution is 6.31. The maximum absolute atomic E-state index is 13.5. The lowest BCUT2D eigenvalue weighted by Crippen LogP contribution is -2.17. The first kappa shape index (κ1) is 15.0. The fourth-order valence-corrected chi connectivity index (χ4v) is 2.72. The molecule has 3 heteroatoms. The van der Waals surface area contributed by atoms with Gasteiger partial charge in [-0.05, 0) is 60.8 Å². The van der Waals surface area contributed by atoms with E-state index >= 15 is 0 Å². The molecule has 0 amide bonds. The molecule has 1 nitrogen and oxygen atoms in total. The number of aryl methyl sites for hydroxylation is 1. The minimum Gasteiger partial charge on any atom is -0.310 e. The molecule has 0 aliphatic heterocycles. The molecule has 20 heavy (non-hydrogen) atoms. The largest absolute Gasteiger partial charge is 0.310 e. The van der Waals surface area contributed by atoms with Crippen molar-refractivity contribution in [2.45, 2.75) is 26.8 Å². The molecule has 0 bridgehead atoms. The van der Waals surface area contributed by atoms with E-state index in [1.165, 1.54) is 12.1 Å². The molecule has 1 N–H and O–H groups in total. The average molecular weight is 292 g/mol. The quantitative estimate of drug-likeness (QED) is 0.824. The highest BCUT2D eigenvalue weighted by Crippen LogP contribution is 2.29. The zero-order chi connectivity index (χ0) is 14.7. The van der Waals surface area contributed by atoms with Crippen molar-refractivity contribution in [1.82, 2.24) is 5.32 Å². The second kappa shape index (κ2) is 6.38. The molecule has 2 aromatic rings. The second-order valence-electron chi connectivity index (χ2n) is 5.03. The van der Waals surface area contributed by atoms with E-state index in [0.29, 0.717) is 5.02 Å². The number of rotatable bonds is 4. The van der Waals surface area contributed by atoms with Gasteiger partial charge in [-0.2, -0.15) is 0 Å². The summed E-state index contributed by atoms with van der Waals surface area (Å²) in [6, 6.07) is 11.1. The van der Waals surface area contributed by atoms with Gasteiger partial charge in [0.15, 0.2) is 0 Å². The summed E-state index contributed by atoms with van der Waals surface area (Å²) in [6.07, 6.45) is 0. The Morgan fingerprint density at radius 3 is 2.50 bits per heavy atom. The van der Waals surface area contributed by atoms with Crippen LogP contribution in [0.2, 0.25) is 5.02 Å². The van der Waals surface area contributed by atoms with E-state index in [-0.39, 0.29) is 11.9 Å². The summed E-state index contributed by atoms with van der Waals surface area (Å²) in [7, 11) is 0. The monoisotopic (exact) mass is 291 g/mol. The van der Waals surface area contributed by atoms with E-state index in [4.69, 9.17) is 11.6 Å². The molecule has 1 unspecified atom stereocenters. The summed E-state index contributed by atoms with van der Waals surface area (Å²) in [5, 5.41) is 4.04. The van der Waals surface area contributed by atoms with Gasteiger partial charge in [0.2, 0.25) is 0 Å². The number of hydrogen-bond donors (Lipinski definition) is 1. The summed E-state index contributed by atoms with van der Waals surface area (Å²) in [4.78, 5) is 0. The molecule has 0 spiro atoms. The van der Waals surface area contributed by atoms with Crippen molar-refractivity contribution in [3.05, 3.63) is 58.4 Å². The molecule has 0 saturated carbocycles. The SMILES string of the molecule is CCNC(C)c1ccc(-c2cc(C)cc(F)c2)cc1Cl. The van der Waals surface area contributed by atoms with Crippen molar-refractivity contribution < 1.29 is 4.39 Å². The molecule has 0 saturated heterocycles. The van der Waals surface area contributed by atoms with Crippen molar-refractivity contribution in [2.24, 2.45) is 0 Å². The number of halogens is 2. The molecular weight excluding hydrogens is 273 g/mol. The van der Waals surface area contributed by atoms with Gasteiger partial charge in [0.05, 0.1) is 0 Å². The van der Waals surface area contributed by atoms with Crippen molar-refractivity contribution in [3.63, 3.8) is 0 Å². The van der Waals surface area contributed by atoms with E-state index in [2.05, 4.69) is 19.2 Å². The standard InChI is InChI=1S/C17H19ClFN/c1-4-20-12(3)16-6-5-13(10-17(16)18)14-7-11(2)8-15(19)9-14/h5-10,12,20H,4H2,1-3H3. The zero-order valence-electron chi connectivity index (χ0n) is 12.0. The van der Waals surface area contributed by atoms with Crippen LogP contribution in [-0.4, -0.2) is 6.54 Å². The van der Waals surface area contributed by atoms with Crippen LogP contribution < -0.4 is 5.32 Å². The van der Waals surface area contributed by atoms with E-state index in [1.807, 2.05) is 31.2 Å². The number of benzene rings is 2. The lowest BCUT2D eigenvalue weighted by molar-refractivity contribution is 0.598. The first-order chi connectivity index (χ1) is 9.51. The zero-order valence-corrected chi connectivity index (χ0v) is 12.8.